The Hall–Kier alpha value is -0.730. The Balaban J connectivity index is 2.54. The molecule has 0 aliphatic carbocycles. The number of ether oxygens (including phenoxy) is 1. The first-order valence-electron chi connectivity index (χ1n) is 4.09. The molecular weight excluding hydrogens is 140 g/mol. The van der Waals surface area contributed by atoms with Gasteiger partial charge in [0.05, 0.1) is 0 Å². The Bertz CT molecular complexity index is 163. The number of hydrazone groups is 1. The van der Waals surface area contributed by atoms with Crippen LogP contribution in [0.5, 0.6) is 0 Å². The van der Waals surface area contributed by atoms with Crippen molar-refractivity contribution in [3.63, 3.8) is 0 Å². The Morgan fingerprint density at radius 3 is 2.27 bits per heavy atom. The Labute approximate surface area is 68.0 Å². The maximum absolute atomic E-state index is 5.36. The van der Waals surface area contributed by atoms with Gasteiger partial charge in [0, 0.05) is 12.0 Å². The highest BCUT2D eigenvalue weighted by molar-refractivity contribution is 5.78. The molecule has 3 heteroatoms. The van der Waals surface area contributed by atoms with E-state index in [2.05, 4.69) is 32.8 Å². The number of rotatable bonds is 2. The minimum absolute atomic E-state index is 0.402. The maximum atomic E-state index is 5.36. The van der Waals surface area contributed by atoms with Crippen molar-refractivity contribution < 1.29 is 4.74 Å². The SMILES string of the molecule is CC(C)C1=NN(C(C)C)CO1. The smallest absolute Gasteiger partial charge is 0.210 e. The highest BCUT2D eigenvalue weighted by Crippen LogP contribution is 2.11. The van der Waals surface area contributed by atoms with E-state index in [9.17, 15) is 0 Å². The van der Waals surface area contributed by atoms with Crippen LogP contribution in [0.4, 0.5) is 0 Å². The molecule has 1 rings (SSSR count). The highest BCUT2D eigenvalue weighted by atomic mass is 16.5. The van der Waals surface area contributed by atoms with Crippen LogP contribution in [-0.2, 0) is 4.74 Å². The van der Waals surface area contributed by atoms with Crippen LogP contribution in [0.1, 0.15) is 27.7 Å². The molecule has 0 aromatic carbocycles. The third kappa shape index (κ3) is 1.85. The predicted octanol–water partition coefficient (Wildman–Crippen LogP) is 1.65. The van der Waals surface area contributed by atoms with Gasteiger partial charge in [-0.3, -0.25) is 5.01 Å². The lowest BCUT2D eigenvalue weighted by Crippen LogP contribution is -2.22. The lowest BCUT2D eigenvalue weighted by atomic mass is 10.2. The molecule has 0 fully saturated rings. The zero-order valence-electron chi connectivity index (χ0n) is 7.66. The fourth-order valence-corrected chi connectivity index (χ4v) is 0.863. The van der Waals surface area contributed by atoms with Crippen LogP contribution in [-0.4, -0.2) is 23.7 Å². The molecule has 0 N–H and O–H groups in total. The fourth-order valence-electron chi connectivity index (χ4n) is 0.863. The molecule has 0 saturated carbocycles. The molecule has 0 aromatic heterocycles. The van der Waals surface area contributed by atoms with Crippen LogP contribution in [0.2, 0.25) is 0 Å². The van der Waals surface area contributed by atoms with Crippen LogP contribution in [0.25, 0.3) is 0 Å². The average Bonchev–Trinajstić information content (AvgIpc) is 2.33. The van der Waals surface area contributed by atoms with E-state index in [0.29, 0.717) is 18.7 Å². The van der Waals surface area contributed by atoms with E-state index in [1.165, 1.54) is 0 Å². The van der Waals surface area contributed by atoms with Gasteiger partial charge in [-0.15, -0.1) is 5.10 Å². The quantitative estimate of drug-likeness (QED) is 0.607. The van der Waals surface area contributed by atoms with Gasteiger partial charge < -0.3 is 4.74 Å². The molecule has 11 heavy (non-hydrogen) atoms. The van der Waals surface area contributed by atoms with Crippen molar-refractivity contribution in [1.82, 2.24) is 5.01 Å². The molecule has 0 aromatic rings. The molecule has 3 nitrogen and oxygen atoms in total. The van der Waals surface area contributed by atoms with E-state index in [1.54, 1.807) is 0 Å². The van der Waals surface area contributed by atoms with Gasteiger partial charge >= 0.3 is 0 Å². The van der Waals surface area contributed by atoms with Gasteiger partial charge in [0.25, 0.3) is 0 Å². The van der Waals surface area contributed by atoms with Crippen molar-refractivity contribution >= 4 is 5.90 Å². The van der Waals surface area contributed by atoms with Crippen LogP contribution in [0.15, 0.2) is 5.10 Å². The van der Waals surface area contributed by atoms with E-state index in [4.69, 9.17) is 4.74 Å². The molecule has 0 radical (unpaired) electrons. The molecule has 0 bridgehead atoms. The lowest BCUT2D eigenvalue weighted by Gasteiger charge is -2.14. The van der Waals surface area contributed by atoms with Gasteiger partial charge in [0.15, 0.2) is 6.73 Å². The second-order valence-corrected chi connectivity index (χ2v) is 3.40. The van der Waals surface area contributed by atoms with E-state index in [-0.39, 0.29) is 0 Å². The largest absolute Gasteiger partial charge is 0.457 e. The molecule has 1 aliphatic rings. The topological polar surface area (TPSA) is 24.8 Å². The molecule has 0 unspecified atom stereocenters. The molecule has 0 amide bonds. The molecule has 1 heterocycles. The predicted molar refractivity (Wildman–Crippen MR) is 45.2 cm³/mol. The lowest BCUT2D eigenvalue weighted by molar-refractivity contribution is 0.135. The van der Waals surface area contributed by atoms with Gasteiger partial charge in [-0.05, 0) is 13.8 Å². The van der Waals surface area contributed by atoms with E-state index >= 15 is 0 Å². The van der Waals surface area contributed by atoms with Crippen molar-refractivity contribution in [2.45, 2.75) is 33.7 Å². The van der Waals surface area contributed by atoms with E-state index in [1.807, 2.05) is 5.01 Å². The monoisotopic (exact) mass is 156 g/mol. The van der Waals surface area contributed by atoms with Crippen LogP contribution >= 0.6 is 0 Å². The summed E-state index contributed by atoms with van der Waals surface area (Å²) in [6.07, 6.45) is 0. The molecule has 0 saturated heterocycles. The fraction of sp³-hybridized carbons (Fsp3) is 0.875. The summed E-state index contributed by atoms with van der Waals surface area (Å²) in [7, 11) is 0. The standard InChI is InChI=1S/C8H16N2O/c1-6(2)8-9-10(5-11-8)7(3)4/h6-7H,5H2,1-4H3. The van der Waals surface area contributed by atoms with Crippen molar-refractivity contribution in [2.24, 2.45) is 11.0 Å². The minimum atomic E-state index is 0.402. The number of nitrogens with zero attached hydrogens (tertiary/aromatic N) is 2. The van der Waals surface area contributed by atoms with Crippen molar-refractivity contribution in [3.05, 3.63) is 0 Å². The summed E-state index contributed by atoms with van der Waals surface area (Å²) in [5.41, 5.74) is 0. The first-order chi connectivity index (χ1) is 5.11. The van der Waals surface area contributed by atoms with Gasteiger partial charge in [-0.1, -0.05) is 13.8 Å². The van der Waals surface area contributed by atoms with Crippen molar-refractivity contribution in [3.8, 4) is 0 Å². The second kappa shape index (κ2) is 3.11. The molecule has 64 valence electrons. The normalized spacial score (nSPS) is 17.6. The van der Waals surface area contributed by atoms with Gasteiger partial charge in [0.1, 0.15) is 0 Å². The third-order valence-corrected chi connectivity index (χ3v) is 1.66. The zero-order valence-corrected chi connectivity index (χ0v) is 7.66. The van der Waals surface area contributed by atoms with Gasteiger partial charge in [-0.25, -0.2) is 0 Å². The summed E-state index contributed by atoms with van der Waals surface area (Å²) >= 11 is 0. The average molecular weight is 156 g/mol. The van der Waals surface area contributed by atoms with E-state index in [0.717, 1.165) is 5.90 Å². The molecular formula is C8H16N2O. The van der Waals surface area contributed by atoms with Crippen LogP contribution in [0, 0.1) is 5.92 Å². The minimum Gasteiger partial charge on any atom is -0.457 e. The van der Waals surface area contributed by atoms with Crippen LogP contribution in [0.3, 0.4) is 0 Å². The molecule has 0 atom stereocenters. The summed E-state index contributed by atoms with van der Waals surface area (Å²) < 4.78 is 5.36. The van der Waals surface area contributed by atoms with Crippen molar-refractivity contribution in [1.29, 1.82) is 0 Å². The zero-order chi connectivity index (χ0) is 8.43. The summed E-state index contributed by atoms with van der Waals surface area (Å²) in [6.45, 7) is 9.00. The summed E-state index contributed by atoms with van der Waals surface area (Å²) in [5.74, 6) is 1.26. The summed E-state index contributed by atoms with van der Waals surface area (Å²) in [4.78, 5) is 0. The Morgan fingerprint density at radius 2 is 2.00 bits per heavy atom. The summed E-state index contributed by atoms with van der Waals surface area (Å²) in [5, 5.41) is 6.27. The first kappa shape index (κ1) is 8.37. The number of hydrogen-bond donors (Lipinski definition) is 0. The van der Waals surface area contributed by atoms with Crippen molar-refractivity contribution in [2.75, 3.05) is 6.73 Å². The Kier molecular flexibility index (Phi) is 2.37. The van der Waals surface area contributed by atoms with Crippen LogP contribution < -0.4 is 0 Å². The second-order valence-electron chi connectivity index (χ2n) is 3.40. The van der Waals surface area contributed by atoms with Gasteiger partial charge in [0.2, 0.25) is 5.90 Å². The van der Waals surface area contributed by atoms with E-state index < -0.39 is 0 Å². The number of hydrogen-bond acceptors (Lipinski definition) is 3. The Morgan fingerprint density at radius 1 is 1.36 bits per heavy atom. The maximum Gasteiger partial charge on any atom is 0.210 e. The first-order valence-corrected chi connectivity index (χ1v) is 4.09. The summed E-state index contributed by atoms with van der Waals surface area (Å²) in [6, 6.07) is 0.436. The molecule has 1 aliphatic heterocycles. The highest BCUT2D eigenvalue weighted by Gasteiger charge is 2.19. The van der Waals surface area contributed by atoms with Gasteiger partial charge in [-0.2, -0.15) is 0 Å². The third-order valence-electron chi connectivity index (χ3n) is 1.66. The molecule has 0 spiro atoms.